The number of hydroxylamine groups is 1. The first-order valence-corrected chi connectivity index (χ1v) is 11.3. The Kier molecular flexibility index (Phi) is 6.97. The number of hydrogen-bond acceptors (Lipinski definition) is 6. The first-order valence-electron chi connectivity index (χ1n) is 10.4. The number of benzene rings is 2. The lowest BCUT2D eigenvalue weighted by Crippen LogP contribution is -2.33. The van der Waals surface area contributed by atoms with Crippen LogP contribution in [0.1, 0.15) is 39.6 Å². The van der Waals surface area contributed by atoms with Crippen molar-refractivity contribution in [2.24, 2.45) is 0 Å². The number of ether oxygens (including phenoxy) is 1. The number of rotatable bonds is 8. The standard InChI is InChI=1S/C25H23N3O4S/c1-16-12-18(19-6-2-4-8-21(19)26-16)14-32-23-9-5-3-7-20(23)25(30)27-22(13-24(29)28-31)17-10-11-33-15-17/h2-12,15,22,31H,13-14H2,1H3,(H,27,30)(H,28,29). The summed E-state index contributed by atoms with van der Waals surface area (Å²) in [6.07, 6.45) is -0.0930. The molecule has 2 heterocycles. The SMILES string of the molecule is Cc1cc(COc2ccccc2C(=O)NC(CC(=O)NO)c2ccsc2)c2ccccc2n1. The summed E-state index contributed by atoms with van der Waals surface area (Å²) in [4.78, 5) is 29.4. The van der Waals surface area contributed by atoms with E-state index in [1.165, 1.54) is 11.3 Å². The molecule has 2 aromatic carbocycles. The van der Waals surface area contributed by atoms with Crippen molar-refractivity contribution in [3.8, 4) is 5.75 Å². The predicted octanol–water partition coefficient (Wildman–Crippen LogP) is 4.55. The number of aryl methyl sites for hydroxylation is 1. The maximum absolute atomic E-state index is 13.1. The molecule has 33 heavy (non-hydrogen) atoms. The summed E-state index contributed by atoms with van der Waals surface area (Å²) in [7, 11) is 0. The predicted molar refractivity (Wildman–Crippen MR) is 126 cm³/mol. The van der Waals surface area contributed by atoms with Crippen LogP contribution in [-0.4, -0.2) is 22.0 Å². The van der Waals surface area contributed by atoms with Crippen molar-refractivity contribution >= 4 is 34.1 Å². The van der Waals surface area contributed by atoms with Crippen molar-refractivity contribution in [3.05, 3.63) is 93.8 Å². The lowest BCUT2D eigenvalue weighted by atomic mass is 10.1. The Bertz CT molecular complexity index is 1270. The molecule has 2 amide bonds. The molecule has 4 aromatic rings. The van der Waals surface area contributed by atoms with Crippen LogP contribution in [0, 0.1) is 6.92 Å². The van der Waals surface area contributed by atoms with Gasteiger partial charge in [-0.2, -0.15) is 11.3 Å². The molecule has 7 nitrogen and oxygen atoms in total. The highest BCUT2D eigenvalue weighted by Crippen LogP contribution is 2.25. The van der Waals surface area contributed by atoms with Crippen LogP contribution in [0.25, 0.3) is 10.9 Å². The molecule has 8 heteroatoms. The average Bonchev–Trinajstić information content (AvgIpc) is 3.37. The fourth-order valence-corrected chi connectivity index (χ4v) is 4.36. The zero-order valence-electron chi connectivity index (χ0n) is 17.9. The minimum atomic E-state index is -0.587. The normalized spacial score (nSPS) is 11.7. The van der Waals surface area contributed by atoms with Crippen molar-refractivity contribution in [2.45, 2.75) is 26.0 Å². The molecule has 1 atom stereocenters. The Hall–Kier alpha value is -3.75. The lowest BCUT2D eigenvalue weighted by molar-refractivity contribution is -0.129. The van der Waals surface area contributed by atoms with Gasteiger partial charge in [0.25, 0.3) is 5.91 Å². The maximum Gasteiger partial charge on any atom is 0.255 e. The Balaban J connectivity index is 1.55. The highest BCUT2D eigenvalue weighted by Gasteiger charge is 2.21. The van der Waals surface area contributed by atoms with Gasteiger partial charge in [-0.25, -0.2) is 5.48 Å². The van der Waals surface area contributed by atoms with E-state index in [4.69, 9.17) is 9.94 Å². The van der Waals surface area contributed by atoms with Crippen LogP contribution in [0.5, 0.6) is 5.75 Å². The van der Waals surface area contributed by atoms with Crippen molar-refractivity contribution in [1.82, 2.24) is 15.8 Å². The van der Waals surface area contributed by atoms with Crippen LogP contribution in [0.15, 0.2) is 71.4 Å². The number of carbonyl (C=O) groups excluding carboxylic acids is 2. The summed E-state index contributed by atoms with van der Waals surface area (Å²) in [6.45, 7) is 2.21. The summed E-state index contributed by atoms with van der Waals surface area (Å²) in [6, 6.07) is 18.1. The minimum absolute atomic E-state index is 0.0930. The van der Waals surface area contributed by atoms with Gasteiger partial charge < -0.3 is 10.1 Å². The second-order valence-electron chi connectivity index (χ2n) is 7.55. The molecule has 0 aliphatic rings. The zero-order valence-corrected chi connectivity index (χ0v) is 18.8. The third-order valence-corrected chi connectivity index (χ3v) is 5.91. The Morgan fingerprint density at radius 3 is 2.70 bits per heavy atom. The topological polar surface area (TPSA) is 101 Å². The molecule has 168 valence electrons. The average molecular weight is 462 g/mol. The van der Waals surface area contributed by atoms with Gasteiger partial charge in [0.2, 0.25) is 5.91 Å². The first-order chi connectivity index (χ1) is 16.0. The third-order valence-electron chi connectivity index (χ3n) is 5.21. The summed E-state index contributed by atoms with van der Waals surface area (Å²) < 4.78 is 6.08. The summed E-state index contributed by atoms with van der Waals surface area (Å²) >= 11 is 1.46. The van der Waals surface area contributed by atoms with Gasteiger partial charge in [0, 0.05) is 16.6 Å². The van der Waals surface area contributed by atoms with E-state index >= 15 is 0 Å². The number of pyridine rings is 1. The van der Waals surface area contributed by atoms with Gasteiger partial charge in [-0.3, -0.25) is 19.8 Å². The highest BCUT2D eigenvalue weighted by molar-refractivity contribution is 7.08. The van der Waals surface area contributed by atoms with E-state index in [1.807, 2.05) is 54.1 Å². The molecule has 0 spiro atoms. The number of thiophene rings is 1. The van der Waals surface area contributed by atoms with Crippen LogP contribution < -0.4 is 15.5 Å². The van der Waals surface area contributed by atoms with Gasteiger partial charge in [-0.15, -0.1) is 0 Å². The fourth-order valence-electron chi connectivity index (χ4n) is 3.64. The smallest absolute Gasteiger partial charge is 0.255 e. The van der Waals surface area contributed by atoms with Gasteiger partial charge in [0.15, 0.2) is 0 Å². The van der Waals surface area contributed by atoms with Gasteiger partial charge in [-0.05, 0) is 53.6 Å². The van der Waals surface area contributed by atoms with Crippen molar-refractivity contribution in [3.63, 3.8) is 0 Å². The summed E-state index contributed by atoms with van der Waals surface area (Å²) in [5.41, 5.74) is 5.52. The van der Waals surface area contributed by atoms with E-state index < -0.39 is 11.9 Å². The van der Waals surface area contributed by atoms with Gasteiger partial charge in [0.1, 0.15) is 12.4 Å². The minimum Gasteiger partial charge on any atom is -0.488 e. The van der Waals surface area contributed by atoms with Crippen molar-refractivity contribution in [2.75, 3.05) is 0 Å². The first kappa shape index (κ1) is 22.4. The fraction of sp³-hybridized carbons (Fsp3) is 0.160. The second-order valence-corrected chi connectivity index (χ2v) is 8.33. The molecular weight excluding hydrogens is 438 g/mol. The number of nitrogens with one attached hydrogen (secondary N) is 2. The number of hydrogen-bond donors (Lipinski definition) is 3. The molecule has 0 radical (unpaired) electrons. The van der Waals surface area contributed by atoms with Crippen molar-refractivity contribution < 1.29 is 19.5 Å². The number of aromatic nitrogens is 1. The zero-order chi connectivity index (χ0) is 23.2. The van der Waals surface area contributed by atoms with Crippen LogP contribution in [0.3, 0.4) is 0 Å². The lowest BCUT2D eigenvalue weighted by Gasteiger charge is -2.18. The molecule has 2 aromatic heterocycles. The highest BCUT2D eigenvalue weighted by atomic mass is 32.1. The van der Waals surface area contributed by atoms with E-state index in [2.05, 4.69) is 10.3 Å². The number of fused-ring (bicyclic) bond motifs is 1. The molecular formula is C25H23N3O4S. The molecule has 0 saturated heterocycles. The molecule has 4 rings (SSSR count). The van der Waals surface area contributed by atoms with E-state index in [9.17, 15) is 9.59 Å². The van der Waals surface area contributed by atoms with Gasteiger partial charge in [0.05, 0.1) is 23.5 Å². The molecule has 0 fully saturated rings. The second kappa shape index (κ2) is 10.2. The van der Waals surface area contributed by atoms with Crippen LogP contribution in [0.4, 0.5) is 0 Å². The largest absolute Gasteiger partial charge is 0.488 e. The maximum atomic E-state index is 13.1. The summed E-state index contributed by atoms with van der Waals surface area (Å²) in [5.74, 6) is -0.525. The Morgan fingerprint density at radius 2 is 1.91 bits per heavy atom. The van der Waals surface area contributed by atoms with Crippen molar-refractivity contribution in [1.29, 1.82) is 0 Å². The number of para-hydroxylation sites is 2. The van der Waals surface area contributed by atoms with E-state index in [0.717, 1.165) is 27.7 Å². The van der Waals surface area contributed by atoms with Gasteiger partial charge >= 0.3 is 0 Å². The van der Waals surface area contributed by atoms with Crippen LogP contribution in [-0.2, 0) is 11.4 Å². The van der Waals surface area contributed by atoms with Crippen LogP contribution >= 0.6 is 11.3 Å². The molecule has 0 aliphatic heterocycles. The molecule has 0 bridgehead atoms. The number of amides is 2. The molecule has 3 N–H and O–H groups in total. The van der Waals surface area contributed by atoms with E-state index in [0.29, 0.717) is 11.3 Å². The Labute approximate surface area is 195 Å². The monoisotopic (exact) mass is 461 g/mol. The van der Waals surface area contributed by atoms with Gasteiger partial charge in [-0.1, -0.05) is 30.3 Å². The summed E-state index contributed by atoms with van der Waals surface area (Å²) in [5, 5.41) is 16.5. The van der Waals surface area contributed by atoms with E-state index in [-0.39, 0.29) is 18.9 Å². The Morgan fingerprint density at radius 1 is 1.12 bits per heavy atom. The van der Waals surface area contributed by atoms with Crippen LogP contribution in [0.2, 0.25) is 0 Å². The molecule has 1 unspecified atom stereocenters. The third kappa shape index (κ3) is 5.36. The molecule has 0 aliphatic carbocycles. The quantitative estimate of drug-likeness (QED) is 0.264. The van der Waals surface area contributed by atoms with E-state index in [1.54, 1.807) is 29.7 Å². The number of carbonyl (C=O) groups is 2. The number of nitrogens with zero attached hydrogens (tertiary/aromatic N) is 1. The molecule has 0 saturated carbocycles.